The number of amides is 1. The minimum atomic E-state index is -0.731. The molecule has 0 spiro atoms. The van der Waals surface area contributed by atoms with Gasteiger partial charge in [0, 0.05) is 25.4 Å². The quantitative estimate of drug-likeness (QED) is 0.518. The molecule has 0 radical (unpaired) electrons. The molecule has 1 aliphatic rings. The lowest BCUT2D eigenvalue weighted by atomic mass is 9.94. The van der Waals surface area contributed by atoms with E-state index in [1.807, 2.05) is 0 Å². The summed E-state index contributed by atoms with van der Waals surface area (Å²) in [5.74, 6) is -1.06. The molecule has 1 unspecified atom stereocenters. The third kappa shape index (κ3) is 2.47. The van der Waals surface area contributed by atoms with Gasteiger partial charge < -0.3 is 14.7 Å². The molecule has 1 saturated heterocycles. The number of carbonyl (C=O) groups excluding carboxylic acids is 2. The van der Waals surface area contributed by atoms with Gasteiger partial charge in [-0.1, -0.05) is 18.2 Å². The number of methoxy groups -OCH3 is 1. The molecule has 26 heavy (non-hydrogen) atoms. The van der Waals surface area contributed by atoms with E-state index in [9.17, 15) is 14.7 Å². The number of para-hydroxylation sites is 1. The summed E-state index contributed by atoms with van der Waals surface area (Å²) in [5, 5.41) is 15.3. The summed E-state index contributed by atoms with van der Waals surface area (Å²) < 4.78 is 7.02. The predicted molar refractivity (Wildman–Crippen MR) is 95.7 cm³/mol. The molecule has 0 saturated carbocycles. The van der Waals surface area contributed by atoms with Crippen LogP contribution in [0, 0.1) is 13.8 Å². The Kier molecular flexibility index (Phi) is 4.31. The number of Topliss-reactive ketones (excluding diaryl/α,β-unsaturated/α-hetero) is 1. The number of ether oxygens (including phenoxy) is 1. The molecule has 1 aliphatic heterocycles. The number of aromatic nitrogens is 2. The van der Waals surface area contributed by atoms with Gasteiger partial charge in [0.1, 0.15) is 11.5 Å². The van der Waals surface area contributed by atoms with Gasteiger partial charge in [-0.3, -0.25) is 14.3 Å². The molecule has 1 aromatic heterocycles. The Morgan fingerprint density at radius 3 is 2.42 bits per heavy atom. The first-order valence-electron chi connectivity index (χ1n) is 8.17. The normalized spacial score (nSPS) is 19.3. The highest BCUT2D eigenvalue weighted by atomic mass is 16.5. The van der Waals surface area contributed by atoms with Crippen molar-refractivity contribution in [3.05, 3.63) is 52.4 Å². The lowest BCUT2D eigenvalue weighted by Crippen LogP contribution is -2.25. The molecule has 7 heteroatoms. The molecular weight excluding hydrogens is 334 g/mol. The molecule has 1 N–H and O–H groups in total. The molecule has 0 aliphatic carbocycles. The zero-order chi connectivity index (χ0) is 19.2. The smallest absolute Gasteiger partial charge is 0.295 e. The van der Waals surface area contributed by atoms with E-state index in [0.29, 0.717) is 28.3 Å². The van der Waals surface area contributed by atoms with Crippen LogP contribution in [0.5, 0.6) is 5.75 Å². The lowest BCUT2D eigenvalue weighted by Gasteiger charge is -2.22. The van der Waals surface area contributed by atoms with Crippen molar-refractivity contribution in [2.75, 3.05) is 14.2 Å². The number of ketones is 1. The minimum absolute atomic E-state index is 0.0428. The van der Waals surface area contributed by atoms with E-state index < -0.39 is 17.7 Å². The summed E-state index contributed by atoms with van der Waals surface area (Å²) in [6.45, 7) is 3.55. The fraction of sp³-hybridized carbons (Fsp3) is 0.316. The molecule has 1 aromatic carbocycles. The van der Waals surface area contributed by atoms with Crippen LogP contribution in [0.1, 0.15) is 28.6 Å². The number of hydrogen-bond acceptors (Lipinski definition) is 5. The maximum Gasteiger partial charge on any atom is 0.295 e. The monoisotopic (exact) mass is 355 g/mol. The Balaban J connectivity index is 2.29. The number of likely N-dealkylation sites (tertiary alicyclic amines) is 1. The molecule has 1 fully saturated rings. The maximum atomic E-state index is 12.7. The first-order chi connectivity index (χ1) is 12.3. The predicted octanol–water partition coefficient (Wildman–Crippen LogP) is 2.10. The Labute approximate surface area is 151 Å². The van der Waals surface area contributed by atoms with Gasteiger partial charge in [0.05, 0.1) is 30.0 Å². The van der Waals surface area contributed by atoms with Crippen LogP contribution in [0.3, 0.4) is 0 Å². The third-order valence-electron chi connectivity index (χ3n) is 4.85. The Morgan fingerprint density at radius 2 is 1.85 bits per heavy atom. The molecule has 1 atom stereocenters. The first kappa shape index (κ1) is 17.7. The van der Waals surface area contributed by atoms with E-state index in [0.717, 1.165) is 0 Å². The van der Waals surface area contributed by atoms with Crippen molar-refractivity contribution in [2.24, 2.45) is 7.05 Å². The molecule has 2 heterocycles. The van der Waals surface area contributed by atoms with Crippen LogP contribution in [-0.4, -0.2) is 45.6 Å². The summed E-state index contributed by atoms with van der Waals surface area (Å²) in [5.41, 5.74) is 2.45. The van der Waals surface area contributed by atoms with Gasteiger partial charge in [-0.05, 0) is 19.9 Å². The molecule has 7 nitrogen and oxygen atoms in total. The second-order valence-electron chi connectivity index (χ2n) is 6.32. The van der Waals surface area contributed by atoms with Crippen molar-refractivity contribution in [1.82, 2.24) is 14.7 Å². The second-order valence-corrected chi connectivity index (χ2v) is 6.32. The summed E-state index contributed by atoms with van der Waals surface area (Å²) in [4.78, 5) is 26.4. The zero-order valence-electron chi connectivity index (χ0n) is 15.4. The number of nitrogens with zero attached hydrogens (tertiary/aromatic N) is 3. The summed E-state index contributed by atoms with van der Waals surface area (Å²) >= 11 is 0. The van der Waals surface area contributed by atoms with Crippen LogP contribution in [-0.2, 0) is 16.6 Å². The fourth-order valence-electron chi connectivity index (χ4n) is 3.45. The highest BCUT2D eigenvalue weighted by Crippen LogP contribution is 2.42. The van der Waals surface area contributed by atoms with Crippen LogP contribution in [0.15, 0.2) is 29.8 Å². The highest BCUT2D eigenvalue weighted by molar-refractivity contribution is 6.46. The highest BCUT2D eigenvalue weighted by Gasteiger charge is 2.45. The number of hydrogen-bond donors (Lipinski definition) is 1. The van der Waals surface area contributed by atoms with Crippen LogP contribution < -0.4 is 4.74 Å². The van der Waals surface area contributed by atoms with Gasteiger partial charge in [0.2, 0.25) is 0 Å². The van der Waals surface area contributed by atoms with Crippen LogP contribution in [0.4, 0.5) is 0 Å². The number of likely N-dealkylation sites (N-methyl/N-ethyl adjacent to an activating group) is 1. The van der Waals surface area contributed by atoms with Crippen molar-refractivity contribution >= 4 is 17.4 Å². The van der Waals surface area contributed by atoms with Crippen molar-refractivity contribution in [3.8, 4) is 5.75 Å². The van der Waals surface area contributed by atoms with E-state index >= 15 is 0 Å². The number of aryl methyl sites for hydroxylation is 2. The SMILES string of the molecule is COc1ccccc1C1/C(=C(\O)c2c(C)nn(C)c2C)C(=O)C(=O)N1C. The zero-order valence-corrected chi connectivity index (χ0v) is 15.4. The number of carbonyl (C=O) groups is 2. The van der Waals surface area contributed by atoms with Crippen LogP contribution in [0.25, 0.3) is 5.76 Å². The first-order valence-corrected chi connectivity index (χ1v) is 8.17. The van der Waals surface area contributed by atoms with Crippen molar-refractivity contribution in [2.45, 2.75) is 19.9 Å². The van der Waals surface area contributed by atoms with E-state index in [1.54, 1.807) is 56.9 Å². The number of aliphatic hydroxyl groups excluding tert-OH is 1. The van der Waals surface area contributed by atoms with Gasteiger partial charge in [-0.2, -0.15) is 5.10 Å². The van der Waals surface area contributed by atoms with E-state index in [1.165, 1.54) is 12.0 Å². The average molecular weight is 355 g/mol. The minimum Gasteiger partial charge on any atom is -0.507 e. The van der Waals surface area contributed by atoms with E-state index in [2.05, 4.69) is 5.10 Å². The van der Waals surface area contributed by atoms with Gasteiger partial charge >= 0.3 is 0 Å². The number of aliphatic hydroxyl groups is 1. The summed E-state index contributed by atoms with van der Waals surface area (Å²) in [7, 11) is 4.83. The van der Waals surface area contributed by atoms with Crippen molar-refractivity contribution in [1.29, 1.82) is 0 Å². The van der Waals surface area contributed by atoms with Crippen LogP contribution >= 0.6 is 0 Å². The van der Waals surface area contributed by atoms with Crippen molar-refractivity contribution < 1.29 is 19.4 Å². The fourth-order valence-corrected chi connectivity index (χ4v) is 3.45. The van der Waals surface area contributed by atoms with Gasteiger partial charge in [0.25, 0.3) is 11.7 Å². The third-order valence-corrected chi connectivity index (χ3v) is 4.85. The van der Waals surface area contributed by atoms with Gasteiger partial charge in [-0.25, -0.2) is 0 Å². The topological polar surface area (TPSA) is 84.7 Å². The second kappa shape index (κ2) is 6.33. The molecular formula is C19H21N3O4. The summed E-state index contributed by atoms with van der Waals surface area (Å²) in [6.07, 6.45) is 0. The Morgan fingerprint density at radius 1 is 1.19 bits per heavy atom. The Bertz CT molecular complexity index is 942. The average Bonchev–Trinajstić information content (AvgIpc) is 3.01. The lowest BCUT2D eigenvalue weighted by molar-refractivity contribution is -0.139. The largest absolute Gasteiger partial charge is 0.507 e. The van der Waals surface area contributed by atoms with E-state index in [-0.39, 0.29) is 11.3 Å². The summed E-state index contributed by atoms with van der Waals surface area (Å²) in [6, 6.07) is 6.41. The molecule has 2 aromatic rings. The van der Waals surface area contributed by atoms with Crippen LogP contribution in [0.2, 0.25) is 0 Å². The van der Waals surface area contributed by atoms with Crippen molar-refractivity contribution in [3.63, 3.8) is 0 Å². The standard InChI is InChI=1S/C19H21N3O4/c1-10-14(11(2)22(4)20-10)17(23)15-16(21(3)19(25)18(15)24)12-8-6-7-9-13(12)26-5/h6-9,16,23H,1-5H3/b17-15+. The number of benzene rings is 1. The maximum absolute atomic E-state index is 12.7. The molecule has 3 rings (SSSR count). The molecule has 0 bridgehead atoms. The Hall–Kier alpha value is -3.09. The van der Waals surface area contributed by atoms with E-state index in [4.69, 9.17) is 4.74 Å². The van der Waals surface area contributed by atoms with Gasteiger partial charge in [-0.15, -0.1) is 0 Å². The molecule has 136 valence electrons. The molecule has 1 amide bonds. The van der Waals surface area contributed by atoms with Gasteiger partial charge in [0.15, 0.2) is 0 Å². The number of rotatable bonds is 3.